The number of rotatable bonds is 9. The van der Waals surface area contributed by atoms with Gasteiger partial charge in [0, 0.05) is 18.7 Å². The number of hydrogen-bond acceptors (Lipinski definition) is 4. The lowest BCUT2D eigenvalue weighted by atomic mass is 10.1. The van der Waals surface area contributed by atoms with Crippen molar-refractivity contribution < 1.29 is 14.3 Å². The first-order valence-corrected chi connectivity index (χ1v) is 10.3. The van der Waals surface area contributed by atoms with Crippen LogP contribution in [0, 0.1) is 6.92 Å². The second-order valence-corrected chi connectivity index (χ2v) is 7.40. The fourth-order valence-electron chi connectivity index (χ4n) is 2.91. The molecule has 0 spiro atoms. The number of halogens is 2. The van der Waals surface area contributed by atoms with Crippen LogP contribution in [0.3, 0.4) is 0 Å². The second-order valence-electron chi connectivity index (χ2n) is 6.66. The molecule has 2 aromatic carbocycles. The Kier molecular flexibility index (Phi) is 7.60. The lowest BCUT2D eigenvalue weighted by molar-refractivity contribution is 0.0952. The van der Waals surface area contributed by atoms with Gasteiger partial charge < -0.3 is 14.8 Å². The lowest BCUT2D eigenvalue weighted by Crippen LogP contribution is -2.25. The number of hydrogen-bond donors (Lipinski definition) is 1. The molecule has 0 unspecified atom stereocenters. The van der Waals surface area contributed by atoms with E-state index in [2.05, 4.69) is 10.4 Å². The third kappa shape index (κ3) is 5.46. The summed E-state index contributed by atoms with van der Waals surface area (Å²) in [7, 11) is 1.60. The number of nitrogens with one attached hydrogen (secondary N) is 1. The van der Waals surface area contributed by atoms with Crippen molar-refractivity contribution in [2.45, 2.75) is 26.5 Å². The SMILES string of the molecule is COc1ccccc1OCc1cccc(C(=O)NCCCn2nc(C)c(Cl)c2Cl)c1. The van der Waals surface area contributed by atoms with Gasteiger partial charge in [0.2, 0.25) is 0 Å². The predicted molar refractivity (Wildman–Crippen MR) is 118 cm³/mol. The van der Waals surface area contributed by atoms with Crippen molar-refractivity contribution in [3.05, 3.63) is 75.5 Å². The van der Waals surface area contributed by atoms with Crippen molar-refractivity contribution in [3.8, 4) is 11.5 Å². The summed E-state index contributed by atoms with van der Waals surface area (Å²) < 4.78 is 12.8. The Balaban J connectivity index is 1.51. The van der Waals surface area contributed by atoms with Gasteiger partial charge in [0.1, 0.15) is 16.8 Å². The third-order valence-corrected chi connectivity index (χ3v) is 5.41. The van der Waals surface area contributed by atoms with Crippen molar-refractivity contribution in [2.75, 3.05) is 13.7 Å². The fourth-order valence-corrected chi connectivity index (χ4v) is 3.31. The van der Waals surface area contributed by atoms with Crippen LogP contribution < -0.4 is 14.8 Å². The maximum atomic E-state index is 12.5. The molecule has 3 aromatic rings. The summed E-state index contributed by atoms with van der Waals surface area (Å²) in [5.41, 5.74) is 2.16. The number of carbonyl (C=O) groups excluding carboxylic acids is 1. The van der Waals surface area contributed by atoms with Crippen molar-refractivity contribution in [1.82, 2.24) is 15.1 Å². The smallest absolute Gasteiger partial charge is 0.251 e. The van der Waals surface area contributed by atoms with Gasteiger partial charge in [-0.15, -0.1) is 0 Å². The lowest BCUT2D eigenvalue weighted by Gasteiger charge is -2.11. The molecule has 0 aliphatic carbocycles. The van der Waals surface area contributed by atoms with Crippen LogP contribution in [0.2, 0.25) is 10.2 Å². The van der Waals surface area contributed by atoms with E-state index in [-0.39, 0.29) is 5.91 Å². The number of ether oxygens (including phenoxy) is 2. The summed E-state index contributed by atoms with van der Waals surface area (Å²) in [5.74, 6) is 1.18. The summed E-state index contributed by atoms with van der Waals surface area (Å²) >= 11 is 12.2. The summed E-state index contributed by atoms with van der Waals surface area (Å²) in [5, 5.41) is 8.07. The minimum Gasteiger partial charge on any atom is -0.493 e. The van der Waals surface area contributed by atoms with E-state index in [1.165, 1.54) is 0 Å². The monoisotopic (exact) mass is 447 g/mol. The number of benzene rings is 2. The molecule has 0 saturated carbocycles. The van der Waals surface area contributed by atoms with E-state index in [1.54, 1.807) is 24.8 Å². The van der Waals surface area contributed by atoms with E-state index in [0.29, 0.717) is 59.0 Å². The zero-order valence-corrected chi connectivity index (χ0v) is 18.3. The van der Waals surface area contributed by atoms with Gasteiger partial charge in [-0.25, -0.2) is 0 Å². The first-order valence-electron chi connectivity index (χ1n) is 9.51. The molecule has 6 nitrogen and oxygen atoms in total. The van der Waals surface area contributed by atoms with Crippen LogP contribution in [0.1, 0.15) is 28.0 Å². The van der Waals surface area contributed by atoms with E-state index in [1.807, 2.05) is 42.5 Å². The molecule has 1 amide bonds. The van der Waals surface area contributed by atoms with Crippen LogP contribution in [0.5, 0.6) is 11.5 Å². The number of aryl methyl sites for hydroxylation is 2. The molecule has 0 atom stereocenters. The normalized spacial score (nSPS) is 10.7. The van der Waals surface area contributed by atoms with Gasteiger partial charge in [-0.3, -0.25) is 9.48 Å². The first-order chi connectivity index (χ1) is 14.5. The zero-order chi connectivity index (χ0) is 21.5. The Labute approximate surface area is 185 Å². The van der Waals surface area contributed by atoms with Gasteiger partial charge in [-0.2, -0.15) is 5.10 Å². The molecule has 8 heteroatoms. The van der Waals surface area contributed by atoms with E-state index < -0.39 is 0 Å². The maximum Gasteiger partial charge on any atom is 0.251 e. The minimum absolute atomic E-state index is 0.144. The number of aromatic nitrogens is 2. The molecule has 0 aliphatic heterocycles. The van der Waals surface area contributed by atoms with Gasteiger partial charge in [0.25, 0.3) is 5.91 Å². The Morgan fingerprint density at radius 1 is 1.13 bits per heavy atom. The van der Waals surface area contributed by atoms with Crippen LogP contribution in [-0.2, 0) is 13.2 Å². The highest BCUT2D eigenvalue weighted by atomic mass is 35.5. The van der Waals surface area contributed by atoms with Crippen LogP contribution in [0.15, 0.2) is 48.5 Å². The summed E-state index contributed by atoms with van der Waals surface area (Å²) in [6, 6.07) is 14.8. The third-order valence-electron chi connectivity index (χ3n) is 4.48. The Morgan fingerprint density at radius 3 is 2.60 bits per heavy atom. The van der Waals surface area contributed by atoms with E-state index in [0.717, 1.165) is 5.56 Å². The van der Waals surface area contributed by atoms with E-state index >= 15 is 0 Å². The molecule has 0 fully saturated rings. The number of nitrogens with zero attached hydrogens (tertiary/aromatic N) is 2. The Bertz CT molecular complexity index is 1020. The molecule has 30 heavy (non-hydrogen) atoms. The minimum atomic E-state index is -0.144. The molecule has 0 radical (unpaired) electrons. The number of amides is 1. The molecule has 0 aliphatic rings. The van der Waals surface area contributed by atoms with Crippen molar-refractivity contribution >= 4 is 29.1 Å². The summed E-state index contributed by atoms with van der Waals surface area (Å²) in [6.45, 7) is 3.20. The van der Waals surface area contributed by atoms with Gasteiger partial charge in [-0.05, 0) is 43.2 Å². The molecule has 1 aromatic heterocycles. The average Bonchev–Trinajstić information content (AvgIpc) is 3.02. The quantitative estimate of drug-likeness (QED) is 0.473. The molecule has 1 N–H and O–H groups in total. The molecular weight excluding hydrogens is 425 g/mol. The molecule has 0 bridgehead atoms. The van der Waals surface area contributed by atoms with E-state index in [4.69, 9.17) is 32.7 Å². The Hall–Kier alpha value is -2.70. The van der Waals surface area contributed by atoms with Gasteiger partial charge in [0.05, 0.1) is 12.8 Å². The average molecular weight is 448 g/mol. The highest BCUT2D eigenvalue weighted by molar-refractivity contribution is 6.41. The van der Waals surface area contributed by atoms with Crippen molar-refractivity contribution in [3.63, 3.8) is 0 Å². The van der Waals surface area contributed by atoms with Gasteiger partial charge in [-0.1, -0.05) is 47.5 Å². The van der Waals surface area contributed by atoms with Crippen LogP contribution in [-0.4, -0.2) is 29.3 Å². The van der Waals surface area contributed by atoms with Crippen molar-refractivity contribution in [1.29, 1.82) is 0 Å². The standard InChI is InChI=1S/C22H23Cl2N3O3/c1-15-20(23)21(24)27(26-15)12-6-11-25-22(28)17-8-5-7-16(13-17)14-30-19-10-4-3-9-18(19)29-2/h3-5,7-10,13H,6,11-12,14H2,1-2H3,(H,25,28). The maximum absolute atomic E-state index is 12.5. The predicted octanol–water partition coefficient (Wildman–Crippen LogP) is 4.91. The van der Waals surface area contributed by atoms with Crippen LogP contribution in [0.25, 0.3) is 0 Å². The van der Waals surface area contributed by atoms with Crippen LogP contribution in [0.4, 0.5) is 0 Å². The molecule has 1 heterocycles. The van der Waals surface area contributed by atoms with Gasteiger partial charge >= 0.3 is 0 Å². The van der Waals surface area contributed by atoms with E-state index in [9.17, 15) is 4.79 Å². The summed E-state index contributed by atoms with van der Waals surface area (Å²) in [4.78, 5) is 12.5. The topological polar surface area (TPSA) is 65.4 Å². The fraction of sp³-hybridized carbons (Fsp3) is 0.273. The van der Waals surface area contributed by atoms with Crippen molar-refractivity contribution in [2.24, 2.45) is 0 Å². The van der Waals surface area contributed by atoms with Crippen LogP contribution >= 0.6 is 23.2 Å². The number of para-hydroxylation sites is 2. The number of methoxy groups -OCH3 is 1. The molecule has 158 valence electrons. The largest absolute Gasteiger partial charge is 0.493 e. The molecular formula is C22H23Cl2N3O3. The molecule has 0 saturated heterocycles. The zero-order valence-electron chi connectivity index (χ0n) is 16.8. The first kappa shape index (κ1) is 22.0. The second kappa shape index (κ2) is 10.4. The highest BCUT2D eigenvalue weighted by Crippen LogP contribution is 2.27. The highest BCUT2D eigenvalue weighted by Gasteiger charge is 2.11. The van der Waals surface area contributed by atoms with Gasteiger partial charge in [0.15, 0.2) is 11.5 Å². The Morgan fingerprint density at radius 2 is 1.90 bits per heavy atom. The number of carbonyl (C=O) groups is 1. The summed E-state index contributed by atoms with van der Waals surface area (Å²) in [6.07, 6.45) is 0.680. The molecule has 3 rings (SSSR count).